The van der Waals surface area contributed by atoms with Gasteiger partial charge in [0.25, 0.3) is 0 Å². The first-order valence-electron chi connectivity index (χ1n) is 8.24. The van der Waals surface area contributed by atoms with Crippen LogP contribution in [0.1, 0.15) is 36.9 Å². The Labute approximate surface area is 138 Å². The van der Waals surface area contributed by atoms with Crippen molar-refractivity contribution >= 4 is 12.0 Å². The maximum absolute atomic E-state index is 5.72. The highest BCUT2D eigenvalue weighted by Crippen LogP contribution is 2.26. The molecule has 1 aliphatic rings. The fraction of sp³-hybridized carbons (Fsp3) is 0.368. The van der Waals surface area contributed by atoms with Crippen LogP contribution >= 0.6 is 0 Å². The quantitative estimate of drug-likeness (QED) is 0.941. The molecule has 0 aliphatic carbocycles. The second kappa shape index (κ2) is 7.38. The van der Waals surface area contributed by atoms with Gasteiger partial charge >= 0.3 is 0 Å². The number of nitrogens with zero attached hydrogens (tertiary/aromatic N) is 3. The molecule has 0 bridgehead atoms. The molecule has 2 heterocycles. The smallest absolute Gasteiger partial charge is 0.220 e. The zero-order valence-electron chi connectivity index (χ0n) is 13.7. The Hall–Kier alpha value is -2.20. The minimum atomic E-state index is 0.375. The highest BCUT2D eigenvalue weighted by Gasteiger charge is 2.22. The zero-order valence-corrected chi connectivity index (χ0v) is 13.7. The van der Waals surface area contributed by atoms with E-state index in [1.165, 1.54) is 24.0 Å². The number of anilines is 1. The Morgan fingerprint density at radius 1 is 1.30 bits per heavy atom. The molecule has 0 radical (unpaired) electrons. The van der Waals surface area contributed by atoms with E-state index in [0.717, 1.165) is 25.3 Å². The molecule has 4 heteroatoms. The van der Waals surface area contributed by atoms with Crippen molar-refractivity contribution in [2.24, 2.45) is 0 Å². The van der Waals surface area contributed by atoms with Crippen LogP contribution in [0.15, 0.2) is 48.2 Å². The van der Waals surface area contributed by atoms with E-state index in [4.69, 9.17) is 5.73 Å². The van der Waals surface area contributed by atoms with Crippen molar-refractivity contribution in [2.45, 2.75) is 25.7 Å². The van der Waals surface area contributed by atoms with E-state index in [9.17, 15) is 0 Å². The fourth-order valence-corrected chi connectivity index (χ4v) is 3.29. The van der Waals surface area contributed by atoms with E-state index in [-0.39, 0.29) is 0 Å². The number of nitrogens with two attached hydrogens (primary N) is 1. The predicted molar refractivity (Wildman–Crippen MR) is 95.0 cm³/mol. The first-order chi connectivity index (χ1) is 11.2. The zero-order chi connectivity index (χ0) is 16.1. The van der Waals surface area contributed by atoms with Gasteiger partial charge in [-0.1, -0.05) is 42.0 Å². The topological polar surface area (TPSA) is 55.0 Å². The summed E-state index contributed by atoms with van der Waals surface area (Å²) in [4.78, 5) is 10.9. The summed E-state index contributed by atoms with van der Waals surface area (Å²) in [6, 6.07) is 12.5. The number of piperidine rings is 1. The highest BCUT2D eigenvalue weighted by atomic mass is 15.1. The van der Waals surface area contributed by atoms with Crippen LogP contribution in [0, 0.1) is 0 Å². The summed E-state index contributed by atoms with van der Waals surface area (Å²) in [6.07, 6.45) is 6.41. The molecule has 2 N–H and O–H groups in total. The molecule has 1 atom stereocenters. The molecule has 1 aromatic heterocycles. The molecule has 23 heavy (non-hydrogen) atoms. The van der Waals surface area contributed by atoms with Gasteiger partial charge in [0.1, 0.15) is 0 Å². The van der Waals surface area contributed by atoms with Crippen molar-refractivity contribution in [3.05, 3.63) is 59.4 Å². The van der Waals surface area contributed by atoms with Crippen LogP contribution in [0.4, 0.5) is 5.95 Å². The van der Waals surface area contributed by atoms with Gasteiger partial charge in [-0.25, -0.2) is 9.97 Å². The standard InChI is InChI=1S/C19H24N4/c1-15(12-16-6-3-2-4-7-16)13-23-11-5-8-17(14-23)18-9-10-21-19(20)22-18/h2-4,6-7,9-10,12,17H,5,8,11,13-14H2,1H3,(H2,20,21,22)/b15-12+. The summed E-state index contributed by atoms with van der Waals surface area (Å²) in [6.45, 7) is 5.40. The molecule has 0 amide bonds. The van der Waals surface area contributed by atoms with E-state index >= 15 is 0 Å². The Morgan fingerprint density at radius 3 is 2.91 bits per heavy atom. The van der Waals surface area contributed by atoms with Crippen LogP contribution in [-0.2, 0) is 0 Å². The summed E-state index contributed by atoms with van der Waals surface area (Å²) in [5.41, 5.74) is 9.45. The van der Waals surface area contributed by atoms with Gasteiger partial charge in [0.2, 0.25) is 5.95 Å². The SMILES string of the molecule is C/C(=C\c1ccccc1)CN1CCCC(c2ccnc(N)n2)C1. The van der Waals surface area contributed by atoms with Gasteiger partial charge in [-0.05, 0) is 37.9 Å². The van der Waals surface area contributed by atoms with Gasteiger partial charge in [-0.15, -0.1) is 0 Å². The third-order valence-electron chi connectivity index (χ3n) is 4.31. The Morgan fingerprint density at radius 2 is 2.13 bits per heavy atom. The molecule has 2 aromatic rings. The normalized spacial score (nSPS) is 19.7. The van der Waals surface area contributed by atoms with Crippen molar-refractivity contribution in [3.63, 3.8) is 0 Å². The van der Waals surface area contributed by atoms with Crippen molar-refractivity contribution in [1.82, 2.24) is 14.9 Å². The van der Waals surface area contributed by atoms with E-state index in [2.05, 4.69) is 58.2 Å². The van der Waals surface area contributed by atoms with Crippen molar-refractivity contribution in [1.29, 1.82) is 0 Å². The summed E-state index contributed by atoms with van der Waals surface area (Å²) < 4.78 is 0. The van der Waals surface area contributed by atoms with E-state index in [0.29, 0.717) is 11.9 Å². The molecule has 1 unspecified atom stereocenters. The molecule has 120 valence electrons. The average Bonchev–Trinajstić information content (AvgIpc) is 2.56. The minimum absolute atomic E-state index is 0.375. The van der Waals surface area contributed by atoms with E-state index in [1.807, 2.05) is 6.07 Å². The van der Waals surface area contributed by atoms with Gasteiger partial charge in [-0.2, -0.15) is 0 Å². The number of likely N-dealkylation sites (tertiary alicyclic amines) is 1. The lowest BCUT2D eigenvalue weighted by atomic mass is 9.94. The lowest BCUT2D eigenvalue weighted by molar-refractivity contribution is 0.222. The van der Waals surface area contributed by atoms with Gasteiger partial charge < -0.3 is 5.73 Å². The molecule has 1 saturated heterocycles. The van der Waals surface area contributed by atoms with Crippen LogP contribution < -0.4 is 5.73 Å². The molecule has 1 aliphatic heterocycles. The second-order valence-corrected chi connectivity index (χ2v) is 6.32. The fourth-order valence-electron chi connectivity index (χ4n) is 3.29. The lowest BCUT2D eigenvalue weighted by Gasteiger charge is -2.32. The van der Waals surface area contributed by atoms with Crippen LogP contribution in [-0.4, -0.2) is 34.5 Å². The first kappa shape index (κ1) is 15.7. The van der Waals surface area contributed by atoms with Crippen LogP contribution in [0.5, 0.6) is 0 Å². The van der Waals surface area contributed by atoms with Gasteiger partial charge in [0, 0.05) is 25.2 Å². The van der Waals surface area contributed by atoms with Crippen molar-refractivity contribution in [3.8, 4) is 0 Å². The van der Waals surface area contributed by atoms with E-state index < -0.39 is 0 Å². The Balaban J connectivity index is 1.63. The van der Waals surface area contributed by atoms with E-state index in [1.54, 1.807) is 6.20 Å². The number of benzene rings is 1. The Kier molecular flexibility index (Phi) is 5.03. The third kappa shape index (κ3) is 4.39. The minimum Gasteiger partial charge on any atom is -0.368 e. The molecular formula is C19H24N4. The maximum Gasteiger partial charge on any atom is 0.220 e. The largest absolute Gasteiger partial charge is 0.368 e. The highest BCUT2D eigenvalue weighted by molar-refractivity contribution is 5.52. The third-order valence-corrected chi connectivity index (χ3v) is 4.31. The van der Waals surface area contributed by atoms with Gasteiger partial charge in [-0.3, -0.25) is 4.90 Å². The predicted octanol–water partition coefficient (Wildman–Crippen LogP) is 3.34. The summed E-state index contributed by atoms with van der Waals surface area (Å²) in [7, 11) is 0. The van der Waals surface area contributed by atoms with Crippen molar-refractivity contribution in [2.75, 3.05) is 25.4 Å². The van der Waals surface area contributed by atoms with Crippen LogP contribution in [0.3, 0.4) is 0 Å². The first-order valence-corrected chi connectivity index (χ1v) is 8.24. The van der Waals surface area contributed by atoms with Crippen LogP contribution in [0.25, 0.3) is 6.08 Å². The molecule has 1 aromatic carbocycles. The number of aromatic nitrogens is 2. The monoisotopic (exact) mass is 308 g/mol. The van der Waals surface area contributed by atoms with Gasteiger partial charge in [0.15, 0.2) is 0 Å². The molecular weight excluding hydrogens is 284 g/mol. The average molecular weight is 308 g/mol. The summed E-state index contributed by atoms with van der Waals surface area (Å²) in [5, 5.41) is 0. The Bertz CT molecular complexity index is 666. The lowest BCUT2D eigenvalue weighted by Crippen LogP contribution is -2.35. The molecule has 0 spiro atoms. The molecule has 3 rings (SSSR count). The van der Waals surface area contributed by atoms with Gasteiger partial charge in [0.05, 0.1) is 5.69 Å². The molecule has 4 nitrogen and oxygen atoms in total. The van der Waals surface area contributed by atoms with Crippen LogP contribution in [0.2, 0.25) is 0 Å². The van der Waals surface area contributed by atoms with Crippen molar-refractivity contribution < 1.29 is 0 Å². The number of rotatable bonds is 4. The number of nitrogen functional groups attached to an aromatic ring is 1. The molecule has 1 fully saturated rings. The summed E-state index contributed by atoms with van der Waals surface area (Å²) in [5.74, 6) is 0.832. The summed E-state index contributed by atoms with van der Waals surface area (Å²) >= 11 is 0. The second-order valence-electron chi connectivity index (χ2n) is 6.32. The molecule has 0 saturated carbocycles. The number of hydrogen-bond donors (Lipinski definition) is 1. The maximum atomic E-state index is 5.72. The number of hydrogen-bond acceptors (Lipinski definition) is 4.